The van der Waals surface area contributed by atoms with E-state index in [9.17, 15) is 14.7 Å². The van der Waals surface area contributed by atoms with Crippen molar-refractivity contribution >= 4 is 11.8 Å². The quantitative estimate of drug-likeness (QED) is 0.375. The number of ketones is 1. The van der Waals surface area contributed by atoms with Gasteiger partial charge in [0, 0.05) is 11.6 Å². The summed E-state index contributed by atoms with van der Waals surface area (Å²) in [6, 6.07) is 6.90. The second-order valence-corrected chi connectivity index (χ2v) is 5.13. The van der Waals surface area contributed by atoms with Crippen molar-refractivity contribution in [3.63, 3.8) is 0 Å². The monoisotopic (exact) mass is 274 g/mol. The van der Waals surface area contributed by atoms with E-state index in [4.69, 9.17) is 4.74 Å². The van der Waals surface area contributed by atoms with Crippen molar-refractivity contribution in [1.82, 2.24) is 0 Å². The zero-order valence-electron chi connectivity index (χ0n) is 11.5. The maximum absolute atomic E-state index is 11.8. The first-order chi connectivity index (χ1) is 9.56. The Bertz CT molecular complexity index is 524. The molecule has 1 aliphatic rings. The van der Waals surface area contributed by atoms with E-state index < -0.39 is 17.5 Å². The van der Waals surface area contributed by atoms with E-state index in [1.165, 1.54) is 12.8 Å². The lowest BCUT2D eigenvalue weighted by molar-refractivity contribution is -0.142. The molecule has 4 nitrogen and oxygen atoms in total. The average molecular weight is 274 g/mol. The summed E-state index contributed by atoms with van der Waals surface area (Å²) in [7, 11) is 0. The fraction of sp³-hybridized carbons (Fsp3) is 0.375. The van der Waals surface area contributed by atoms with E-state index in [1.807, 2.05) is 6.92 Å². The van der Waals surface area contributed by atoms with Gasteiger partial charge in [0.2, 0.25) is 5.76 Å². The number of aryl methyl sites for hydroxylation is 1. The van der Waals surface area contributed by atoms with Gasteiger partial charge >= 0.3 is 5.97 Å². The van der Waals surface area contributed by atoms with Crippen molar-refractivity contribution in [2.75, 3.05) is 6.61 Å². The molecule has 0 radical (unpaired) electrons. The summed E-state index contributed by atoms with van der Waals surface area (Å²) in [5.74, 6) is -1.25. The third kappa shape index (κ3) is 4.23. The van der Waals surface area contributed by atoms with Gasteiger partial charge < -0.3 is 9.84 Å². The van der Waals surface area contributed by atoms with Crippen molar-refractivity contribution in [2.45, 2.75) is 26.2 Å². The number of rotatable bonds is 6. The Hall–Kier alpha value is -2.10. The number of hydrogen-bond acceptors (Lipinski definition) is 4. The van der Waals surface area contributed by atoms with Gasteiger partial charge in [-0.1, -0.05) is 42.7 Å². The molecule has 0 saturated heterocycles. The molecule has 0 amide bonds. The lowest BCUT2D eigenvalue weighted by Crippen LogP contribution is -2.11. The number of hydrogen-bond donors (Lipinski definition) is 1. The van der Waals surface area contributed by atoms with E-state index in [2.05, 4.69) is 0 Å². The summed E-state index contributed by atoms with van der Waals surface area (Å²) in [4.78, 5) is 23.3. The van der Waals surface area contributed by atoms with Crippen LogP contribution in [0.5, 0.6) is 0 Å². The number of ether oxygens (including phenoxy) is 1. The summed E-state index contributed by atoms with van der Waals surface area (Å²) >= 11 is 0. The molecule has 1 aromatic carbocycles. The zero-order chi connectivity index (χ0) is 14.5. The van der Waals surface area contributed by atoms with Gasteiger partial charge in [-0.2, -0.15) is 0 Å². The maximum atomic E-state index is 11.8. The van der Waals surface area contributed by atoms with Crippen LogP contribution in [-0.4, -0.2) is 23.5 Å². The Labute approximate surface area is 118 Å². The van der Waals surface area contributed by atoms with Gasteiger partial charge in [0.15, 0.2) is 5.78 Å². The number of benzene rings is 1. The molecule has 0 atom stereocenters. The highest BCUT2D eigenvalue weighted by Gasteiger charge is 2.21. The van der Waals surface area contributed by atoms with Crippen LogP contribution in [0.1, 0.15) is 35.2 Å². The molecule has 20 heavy (non-hydrogen) atoms. The number of carbonyl (C=O) groups is 2. The van der Waals surface area contributed by atoms with Crippen LogP contribution in [0.3, 0.4) is 0 Å². The first kappa shape index (κ1) is 14.3. The van der Waals surface area contributed by atoms with Gasteiger partial charge in [-0.05, 0) is 19.3 Å². The van der Waals surface area contributed by atoms with Crippen molar-refractivity contribution in [2.24, 2.45) is 5.92 Å². The molecule has 1 N–H and O–H groups in total. The van der Waals surface area contributed by atoms with Crippen molar-refractivity contribution in [3.05, 3.63) is 47.2 Å². The molecule has 106 valence electrons. The molecule has 1 aliphatic carbocycles. The van der Waals surface area contributed by atoms with E-state index in [0.717, 1.165) is 18.1 Å². The van der Waals surface area contributed by atoms with Crippen molar-refractivity contribution < 1.29 is 19.4 Å². The molecule has 0 heterocycles. The van der Waals surface area contributed by atoms with Crippen molar-refractivity contribution in [1.29, 1.82) is 0 Å². The Kier molecular flexibility index (Phi) is 4.56. The third-order valence-corrected chi connectivity index (χ3v) is 3.27. The van der Waals surface area contributed by atoms with Crippen LogP contribution in [0, 0.1) is 12.8 Å². The number of carbonyl (C=O) groups excluding carboxylic acids is 2. The molecule has 1 saturated carbocycles. The minimum absolute atomic E-state index is 0.292. The lowest BCUT2D eigenvalue weighted by atomic mass is 10.1. The molecule has 1 fully saturated rings. The number of allylic oxidation sites excluding steroid dienone is 1. The number of esters is 1. The molecule has 0 unspecified atom stereocenters. The standard InChI is InChI=1S/C16H18O4/c1-11-2-6-13(7-3-11)14(17)10-15(18)16(19)20-9-8-12-4-5-12/h2-3,6-7,10,12,18H,4-5,8-9H2,1H3/b15-10-. The van der Waals surface area contributed by atoms with Crippen LogP contribution in [0.15, 0.2) is 36.1 Å². The predicted molar refractivity (Wildman–Crippen MR) is 74.5 cm³/mol. The van der Waals surface area contributed by atoms with Gasteiger partial charge in [0.1, 0.15) is 0 Å². The molecule has 4 heteroatoms. The highest BCUT2D eigenvalue weighted by atomic mass is 16.5. The van der Waals surface area contributed by atoms with Gasteiger partial charge in [-0.3, -0.25) is 4.79 Å². The van der Waals surface area contributed by atoms with Gasteiger partial charge in [-0.25, -0.2) is 4.79 Å². The first-order valence-electron chi connectivity index (χ1n) is 6.75. The maximum Gasteiger partial charge on any atom is 0.373 e. The summed E-state index contributed by atoms with van der Waals surface area (Å²) in [6.45, 7) is 2.21. The third-order valence-electron chi connectivity index (χ3n) is 3.27. The second kappa shape index (κ2) is 6.37. The van der Waals surface area contributed by atoms with Gasteiger partial charge in [-0.15, -0.1) is 0 Å². The molecule has 0 aromatic heterocycles. The zero-order valence-corrected chi connectivity index (χ0v) is 11.5. The largest absolute Gasteiger partial charge is 0.502 e. The Morgan fingerprint density at radius 3 is 2.55 bits per heavy atom. The molecular weight excluding hydrogens is 256 g/mol. The SMILES string of the molecule is Cc1ccc(C(=O)/C=C(\O)C(=O)OCCC2CC2)cc1. The topological polar surface area (TPSA) is 63.6 Å². The summed E-state index contributed by atoms with van der Waals surface area (Å²) in [6.07, 6.45) is 4.10. The van der Waals surface area contributed by atoms with Crippen LogP contribution in [0.2, 0.25) is 0 Å². The second-order valence-electron chi connectivity index (χ2n) is 5.13. The highest BCUT2D eigenvalue weighted by Crippen LogP contribution is 2.32. The van der Waals surface area contributed by atoms with Crippen LogP contribution in [0.25, 0.3) is 0 Å². The van der Waals surface area contributed by atoms with E-state index in [1.54, 1.807) is 24.3 Å². The normalized spacial score (nSPS) is 14.9. The lowest BCUT2D eigenvalue weighted by Gasteiger charge is -2.03. The number of aliphatic hydroxyl groups is 1. The first-order valence-corrected chi connectivity index (χ1v) is 6.75. The molecule has 0 spiro atoms. The molecule has 0 aliphatic heterocycles. The summed E-state index contributed by atoms with van der Waals surface area (Å²) in [5, 5.41) is 9.55. The van der Waals surface area contributed by atoms with E-state index >= 15 is 0 Å². The fourth-order valence-electron chi connectivity index (χ4n) is 1.78. The Morgan fingerprint density at radius 1 is 1.30 bits per heavy atom. The van der Waals surface area contributed by atoms with Crippen LogP contribution in [0.4, 0.5) is 0 Å². The van der Waals surface area contributed by atoms with Crippen molar-refractivity contribution in [3.8, 4) is 0 Å². The molecular formula is C16H18O4. The summed E-state index contributed by atoms with van der Waals surface area (Å²) < 4.78 is 4.90. The Morgan fingerprint density at radius 2 is 1.95 bits per heavy atom. The summed E-state index contributed by atoms with van der Waals surface area (Å²) in [5.41, 5.74) is 1.46. The van der Waals surface area contributed by atoms with Gasteiger partial charge in [0.05, 0.1) is 6.61 Å². The highest BCUT2D eigenvalue weighted by molar-refractivity contribution is 6.07. The molecule has 1 aromatic rings. The van der Waals surface area contributed by atoms with Gasteiger partial charge in [0.25, 0.3) is 0 Å². The Balaban J connectivity index is 1.88. The smallest absolute Gasteiger partial charge is 0.373 e. The van der Waals surface area contributed by atoms with E-state index in [-0.39, 0.29) is 0 Å². The molecule has 0 bridgehead atoms. The fourth-order valence-corrected chi connectivity index (χ4v) is 1.78. The minimum atomic E-state index is -0.842. The van der Waals surface area contributed by atoms with Crippen LogP contribution in [-0.2, 0) is 9.53 Å². The number of aliphatic hydroxyl groups excluding tert-OH is 1. The average Bonchev–Trinajstić information content (AvgIpc) is 3.23. The van der Waals surface area contributed by atoms with Crippen LogP contribution < -0.4 is 0 Å². The molecule has 2 rings (SSSR count). The minimum Gasteiger partial charge on any atom is -0.502 e. The van der Waals surface area contributed by atoms with E-state index in [0.29, 0.717) is 18.1 Å². The predicted octanol–water partition coefficient (Wildman–Crippen LogP) is 2.96. The van der Waals surface area contributed by atoms with Crippen LogP contribution >= 0.6 is 0 Å².